The van der Waals surface area contributed by atoms with E-state index in [1.54, 1.807) is 0 Å². The van der Waals surface area contributed by atoms with Gasteiger partial charge in [-0.25, -0.2) is 4.79 Å². The molecule has 1 atom stereocenters. The third kappa shape index (κ3) is 9.80. The smallest absolute Gasteiger partial charge is 0.408 e. The molecular weight excluding hydrogens is 461 g/mol. The van der Waals surface area contributed by atoms with Crippen molar-refractivity contribution >= 4 is 13.5 Å². The molecule has 0 bridgehead atoms. The average molecular weight is 510 g/mol. The highest BCUT2D eigenvalue weighted by Gasteiger charge is 2.36. The van der Waals surface area contributed by atoms with Crippen molar-refractivity contribution in [2.24, 2.45) is 0 Å². The number of unbranched alkanes of at least 4 members (excludes halogenated alkanes) is 1. The minimum Gasteiger partial charge on any atom is -0.483 e. The summed E-state index contributed by atoms with van der Waals surface area (Å²) in [6, 6.07) is 4.18. The second-order valence-corrected chi connectivity index (χ2v) is 14.4. The summed E-state index contributed by atoms with van der Waals surface area (Å²) in [6.07, 6.45) is 7.66. The van der Waals surface area contributed by atoms with Gasteiger partial charge in [0.25, 0.3) is 0 Å². The van der Waals surface area contributed by atoms with E-state index in [0.717, 1.165) is 61.0 Å². The van der Waals surface area contributed by atoms with Gasteiger partial charge in [0.05, 0.1) is 6.61 Å². The Morgan fingerprint density at radius 3 is 2.20 bits per heavy atom. The Morgan fingerprint density at radius 1 is 1.06 bits per heavy atom. The van der Waals surface area contributed by atoms with E-state index in [4.69, 9.17) is 14.0 Å². The molecule has 1 aliphatic carbocycles. The van der Waals surface area contributed by atoms with Crippen LogP contribution < -0.4 is 10.1 Å². The van der Waals surface area contributed by atoms with Crippen LogP contribution >= 0.6 is 7.37 Å². The van der Waals surface area contributed by atoms with Crippen molar-refractivity contribution in [3.63, 3.8) is 0 Å². The Labute approximate surface area is 213 Å². The molecule has 1 aromatic rings. The second-order valence-electron chi connectivity index (χ2n) is 11.7. The van der Waals surface area contributed by atoms with E-state index in [1.807, 2.05) is 48.5 Å². The first kappa shape index (κ1) is 29.7. The number of hydrogen-bond donors (Lipinski definition) is 1. The molecule has 1 fully saturated rings. The summed E-state index contributed by atoms with van der Waals surface area (Å²) in [5, 5.41) is 2.97. The van der Waals surface area contributed by atoms with Gasteiger partial charge in [0, 0.05) is 11.2 Å². The molecular formula is C28H48NO5P. The summed E-state index contributed by atoms with van der Waals surface area (Å²) in [7, 11) is -2.89. The largest absolute Gasteiger partial charge is 0.483 e. The van der Waals surface area contributed by atoms with E-state index < -0.39 is 24.6 Å². The van der Waals surface area contributed by atoms with Crippen LogP contribution in [0, 0.1) is 13.8 Å². The van der Waals surface area contributed by atoms with E-state index in [2.05, 4.69) is 24.4 Å². The lowest BCUT2D eigenvalue weighted by Crippen LogP contribution is -2.47. The van der Waals surface area contributed by atoms with Crippen LogP contribution in [0.1, 0.15) is 103 Å². The van der Waals surface area contributed by atoms with Gasteiger partial charge in [-0.1, -0.05) is 44.7 Å². The molecule has 1 aliphatic rings. The standard InChI is InChI=1S/C28H48NO5P/c1-9-10-16-33-35(31,24-14-12-11-13-15-24)20-32-25-21(2)17-23(18-22(25)3)19-28(7,8)29-26(30)34-27(4,5)6/h17-18,24H,9-16,19-20H2,1-8H3,(H,29,30). The molecule has 200 valence electrons. The summed E-state index contributed by atoms with van der Waals surface area (Å²) in [5.74, 6) is 0.779. The number of nitrogens with one attached hydrogen (secondary N) is 1. The third-order valence-corrected chi connectivity index (χ3v) is 9.07. The molecule has 1 saturated carbocycles. The molecule has 1 amide bonds. The van der Waals surface area contributed by atoms with Gasteiger partial charge in [-0.3, -0.25) is 4.57 Å². The monoisotopic (exact) mass is 509 g/mol. The normalized spacial score (nSPS) is 17.0. The highest BCUT2D eigenvalue weighted by Crippen LogP contribution is 2.56. The topological polar surface area (TPSA) is 73.9 Å². The van der Waals surface area contributed by atoms with Crippen molar-refractivity contribution in [3.05, 3.63) is 28.8 Å². The highest BCUT2D eigenvalue weighted by atomic mass is 31.2. The fraction of sp³-hybridized carbons (Fsp3) is 0.750. The van der Waals surface area contributed by atoms with Crippen molar-refractivity contribution < 1.29 is 23.4 Å². The zero-order chi connectivity index (χ0) is 26.3. The summed E-state index contributed by atoms with van der Waals surface area (Å²) < 4.78 is 31.6. The van der Waals surface area contributed by atoms with Gasteiger partial charge in [-0.05, 0) is 90.8 Å². The van der Waals surface area contributed by atoms with Gasteiger partial charge in [0.15, 0.2) is 6.35 Å². The van der Waals surface area contributed by atoms with E-state index in [0.29, 0.717) is 13.0 Å². The quantitative estimate of drug-likeness (QED) is 0.242. The lowest BCUT2D eigenvalue weighted by atomic mass is 9.92. The number of aryl methyl sites for hydroxylation is 2. The fourth-order valence-corrected chi connectivity index (χ4v) is 7.14. The van der Waals surface area contributed by atoms with Crippen molar-refractivity contribution in [2.75, 3.05) is 13.0 Å². The van der Waals surface area contributed by atoms with Crippen LogP contribution in [0.4, 0.5) is 4.79 Å². The van der Waals surface area contributed by atoms with E-state index in [9.17, 15) is 9.36 Å². The average Bonchev–Trinajstić information content (AvgIpc) is 2.71. The molecule has 0 heterocycles. The minimum absolute atomic E-state index is 0.104. The van der Waals surface area contributed by atoms with Crippen molar-refractivity contribution in [1.29, 1.82) is 0 Å². The van der Waals surface area contributed by atoms with E-state index >= 15 is 0 Å². The van der Waals surface area contributed by atoms with E-state index in [-0.39, 0.29) is 12.0 Å². The molecule has 1 unspecified atom stereocenters. The summed E-state index contributed by atoms with van der Waals surface area (Å²) >= 11 is 0. The van der Waals surface area contributed by atoms with Crippen LogP contribution in [-0.4, -0.2) is 35.8 Å². The first-order valence-electron chi connectivity index (χ1n) is 13.2. The molecule has 0 aromatic heterocycles. The first-order valence-corrected chi connectivity index (χ1v) is 15.1. The number of amides is 1. The SMILES string of the molecule is CCCCOP(=O)(COc1c(C)cc(CC(C)(C)NC(=O)OC(C)(C)C)cc1C)C1CCCCC1. The van der Waals surface area contributed by atoms with Crippen molar-refractivity contribution in [1.82, 2.24) is 5.32 Å². The highest BCUT2D eigenvalue weighted by molar-refractivity contribution is 7.59. The lowest BCUT2D eigenvalue weighted by molar-refractivity contribution is 0.0472. The Balaban J connectivity index is 2.10. The number of rotatable bonds is 11. The van der Waals surface area contributed by atoms with Crippen LogP contribution in [-0.2, 0) is 20.2 Å². The predicted molar refractivity (Wildman–Crippen MR) is 144 cm³/mol. The molecule has 1 N–H and O–H groups in total. The molecule has 7 heteroatoms. The fourth-order valence-electron chi connectivity index (χ4n) is 4.74. The zero-order valence-corrected chi connectivity index (χ0v) is 24.2. The van der Waals surface area contributed by atoms with Crippen LogP contribution in [0.2, 0.25) is 0 Å². The minimum atomic E-state index is -2.89. The van der Waals surface area contributed by atoms with Gasteiger partial charge in [0.1, 0.15) is 11.4 Å². The van der Waals surface area contributed by atoms with Crippen molar-refractivity contribution in [2.45, 2.75) is 124 Å². The number of alkyl carbamates (subject to hydrolysis) is 1. The molecule has 1 aromatic carbocycles. The van der Waals surface area contributed by atoms with Crippen LogP contribution in [0.25, 0.3) is 0 Å². The number of benzene rings is 1. The number of carbonyl (C=O) groups is 1. The summed E-state index contributed by atoms with van der Waals surface area (Å²) in [4.78, 5) is 12.3. The van der Waals surface area contributed by atoms with Gasteiger partial charge in [-0.2, -0.15) is 0 Å². The van der Waals surface area contributed by atoms with Gasteiger partial charge in [-0.15, -0.1) is 0 Å². The zero-order valence-electron chi connectivity index (χ0n) is 23.3. The molecule has 6 nitrogen and oxygen atoms in total. The Hall–Kier alpha value is -1.52. The van der Waals surface area contributed by atoms with Gasteiger partial charge in [0.2, 0.25) is 7.37 Å². The van der Waals surface area contributed by atoms with Crippen LogP contribution in [0.3, 0.4) is 0 Å². The first-order chi connectivity index (χ1) is 16.2. The molecule has 0 aliphatic heterocycles. The lowest BCUT2D eigenvalue weighted by Gasteiger charge is -2.31. The molecule has 2 rings (SSSR count). The molecule has 0 saturated heterocycles. The van der Waals surface area contributed by atoms with Gasteiger partial charge >= 0.3 is 6.09 Å². The van der Waals surface area contributed by atoms with Crippen LogP contribution in [0.5, 0.6) is 5.75 Å². The molecule has 0 spiro atoms. The number of ether oxygens (including phenoxy) is 2. The summed E-state index contributed by atoms with van der Waals surface area (Å²) in [6.45, 7) is 16.2. The predicted octanol–water partition coefficient (Wildman–Crippen LogP) is 7.91. The maximum Gasteiger partial charge on any atom is 0.408 e. The van der Waals surface area contributed by atoms with Crippen LogP contribution in [0.15, 0.2) is 12.1 Å². The maximum absolute atomic E-state index is 13.9. The number of hydrogen-bond acceptors (Lipinski definition) is 5. The molecule has 35 heavy (non-hydrogen) atoms. The maximum atomic E-state index is 13.9. The summed E-state index contributed by atoms with van der Waals surface area (Å²) in [5.41, 5.74) is 2.18. The Bertz CT molecular complexity index is 861. The number of carbonyl (C=O) groups excluding carboxylic acids is 1. The Morgan fingerprint density at radius 2 is 1.66 bits per heavy atom. The van der Waals surface area contributed by atoms with Crippen molar-refractivity contribution in [3.8, 4) is 5.75 Å². The van der Waals surface area contributed by atoms with Gasteiger partial charge < -0.3 is 19.3 Å². The Kier molecular flexibility index (Phi) is 10.7. The third-order valence-electron chi connectivity index (χ3n) is 6.33. The molecule has 0 radical (unpaired) electrons. The second kappa shape index (κ2) is 12.6. The van der Waals surface area contributed by atoms with E-state index in [1.165, 1.54) is 6.42 Å².